The van der Waals surface area contributed by atoms with Crippen LogP contribution >= 0.6 is 0 Å². The molecule has 2 N–H and O–H groups in total. The molecule has 0 aromatic heterocycles. The Bertz CT molecular complexity index is 277. The van der Waals surface area contributed by atoms with Crippen molar-refractivity contribution in [3.05, 3.63) is 0 Å². The van der Waals surface area contributed by atoms with Gasteiger partial charge in [0.1, 0.15) is 0 Å². The van der Waals surface area contributed by atoms with E-state index >= 15 is 0 Å². The second kappa shape index (κ2) is 9.09. The smallest absolute Gasteiger partial charge is 0.0610 e. The van der Waals surface area contributed by atoms with Crippen molar-refractivity contribution in [3.8, 4) is 0 Å². The van der Waals surface area contributed by atoms with Gasteiger partial charge in [-0.15, -0.1) is 0 Å². The van der Waals surface area contributed by atoms with Gasteiger partial charge >= 0.3 is 0 Å². The summed E-state index contributed by atoms with van der Waals surface area (Å²) >= 11 is 0. The lowest BCUT2D eigenvalue weighted by atomic mass is 9.95. The SMILES string of the molecule is CCC(C)N1CCN(CCCC(C)(CO)NC(C)C)CC1. The van der Waals surface area contributed by atoms with Crippen molar-refractivity contribution in [2.24, 2.45) is 0 Å². The number of hydrogen-bond acceptors (Lipinski definition) is 4. The summed E-state index contributed by atoms with van der Waals surface area (Å²) in [6.45, 7) is 17.2. The molecule has 1 heterocycles. The molecule has 4 nitrogen and oxygen atoms in total. The third-order valence-electron chi connectivity index (χ3n) is 4.81. The molecule has 2 unspecified atom stereocenters. The van der Waals surface area contributed by atoms with Gasteiger partial charge in [0.2, 0.25) is 0 Å². The van der Waals surface area contributed by atoms with Crippen LogP contribution in [0.1, 0.15) is 53.9 Å². The quantitative estimate of drug-likeness (QED) is 0.682. The molecule has 0 amide bonds. The minimum absolute atomic E-state index is 0.132. The molecule has 0 aromatic rings. The van der Waals surface area contributed by atoms with Gasteiger partial charge in [0.25, 0.3) is 0 Å². The van der Waals surface area contributed by atoms with Crippen molar-refractivity contribution in [2.45, 2.75) is 71.5 Å². The Kier molecular flexibility index (Phi) is 8.17. The topological polar surface area (TPSA) is 38.7 Å². The normalized spacial score (nSPS) is 22.4. The third kappa shape index (κ3) is 6.64. The highest BCUT2D eigenvalue weighted by atomic mass is 16.3. The number of piperazine rings is 1. The number of rotatable bonds is 9. The van der Waals surface area contributed by atoms with Crippen LogP contribution in [0, 0.1) is 0 Å². The Morgan fingerprint density at radius 3 is 2.24 bits per heavy atom. The lowest BCUT2D eigenvalue weighted by molar-refractivity contribution is 0.0940. The highest BCUT2D eigenvalue weighted by molar-refractivity contribution is 4.84. The van der Waals surface area contributed by atoms with E-state index in [1.54, 1.807) is 0 Å². The van der Waals surface area contributed by atoms with Crippen molar-refractivity contribution in [1.82, 2.24) is 15.1 Å². The Hall–Kier alpha value is -0.160. The number of aliphatic hydroxyl groups is 1. The van der Waals surface area contributed by atoms with E-state index in [2.05, 4.69) is 49.7 Å². The number of nitrogens with zero attached hydrogens (tertiary/aromatic N) is 2. The minimum atomic E-state index is -0.132. The molecule has 0 saturated carbocycles. The molecule has 1 aliphatic rings. The Balaban J connectivity index is 2.24. The maximum atomic E-state index is 9.61. The number of aliphatic hydroxyl groups excluding tert-OH is 1. The molecule has 1 saturated heterocycles. The average Bonchev–Trinajstić information content (AvgIpc) is 2.46. The number of hydrogen-bond donors (Lipinski definition) is 2. The van der Waals surface area contributed by atoms with Gasteiger partial charge in [-0.05, 0) is 39.7 Å². The molecule has 0 aromatic carbocycles. The Morgan fingerprint density at radius 2 is 1.76 bits per heavy atom. The zero-order valence-electron chi connectivity index (χ0n) is 14.9. The van der Waals surface area contributed by atoms with Gasteiger partial charge in [-0.25, -0.2) is 0 Å². The van der Waals surface area contributed by atoms with Crippen LogP contribution in [-0.4, -0.2) is 71.9 Å². The Labute approximate surface area is 131 Å². The predicted octanol–water partition coefficient (Wildman–Crippen LogP) is 1.93. The van der Waals surface area contributed by atoms with E-state index in [1.807, 2.05) is 0 Å². The summed E-state index contributed by atoms with van der Waals surface area (Å²) in [6.07, 6.45) is 3.43. The lowest BCUT2D eigenvalue weighted by Gasteiger charge is -2.38. The van der Waals surface area contributed by atoms with E-state index in [0.717, 1.165) is 25.4 Å². The van der Waals surface area contributed by atoms with Crippen LogP contribution in [0.15, 0.2) is 0 Å². The van der Waals surface area contributed by atoms with Crippen LogP contribution in [0.5, 0.6) is 0 Å². The van der Waals surface area contributed by atoms with Crippen molar-refractivity contribution < 1.29 is 5.11 Å². The molecule has 2 atom stereocenters. The fourth-order valence-corrected chi connectivity index (χ4v) is 3.27. The van der Waals surface area contributed by atoms with E-state index in [4.69, 9.17) is 0 Å². The second-order valence-corrected chi connectivity index (χ2v) is 7.26. The fourth-order valence-electron chi connectivity index (χ4n) is 3.27. The summed E-state index contributed by atoms with van der Waals surface area (Å²) in [5.74, 6) is 0. The zero-order chi connectivity index (χ0) is 15.9. The van der Waals surface area contributed by atoms with Crippen molar-refractivity contribution >= 4 is 0 Å². The van der Waals surface area contributed by atoms with Crippen molar-refractivity contribution in [2.75, 3.05) is 39.3 Å². The van der Waals surface area contributed by atoms with Gasteiger partial charge in [-0.3, -0.25) is 4.90 Å². The van der Waals surface area contributed by atoms with Gasteiger partial charge in [0.05, 0.1) is 6.61 Å². The summed E-state index contributed by atoms with van der Waals surface area (Å²) in [6, 6.07) is 1.14. The van der Waals surface area contributed by atoms with Crippen molar-refractivity contribution in [1.29, 1.82) is 0 Å². The van der Waals surface area contributed by atoms with Gasteiger partial charge in [-0.1, -0.05) is 20.8 Å². The molecule has 1 aliphatic heterocycles. The first kappa shape index (κ1) is 18.9. The van der Waals surface area contributed by atoms with E-state index in [-0.39, 0.29) is 12.1 Å². The summed E-state index contributed by atoms with van der Waals surface area (Å²) in [4.78, 5) is 5.18. The van der Waals surface area contributed by atoms with E-state index in [9.17, 15) is 5.11 Å². The Morgan fingerprint density at radius 1 is 1.14 bits per heavy atom. The van der Waals surface area contributed by atoms with E-state index < -0.39 is 0 Å². The largest absolute Gasteiger partial charge is 0.394 e. The zero-order valence-corrected chi connectivity index (χ0v) is 14.9. The summed E-state index contributed by atoms with van der Waals surface area (Å²) in [7, 11) is 0. The van der Waals surface area contributed by atoms with E-state index in [1.165, 1.54) is 32.6 Å². The molecule has 1 rings (SSSR count). The van der Waals surface area contributed by atoms with Crippen LogP contribution in [0.2, 0.25) is 0 Å². The average molecular weight is 300 g/mol. The molecule has 0 aliphatic carbocycles. The van der Waals surface area contributed by atoms with Crippen molar-refractivity contribution in [3.63, 3.8) is 0 Å². The maximum absolute atomic E-state index is 9.61. The molecule has 0 radical (unpaired) electrons. The molecule has 1 fully saturated rings. The molecule has 0 spiro atoms. The van der Waals surface area contributed by atoms with E-state index in [0.29, 0.717) is 6.04 Å². The maximum Gasteiger partial charge on any atom is 0.0610 e. The predicted molar refractivity (Wildman–Crippen MR) is 90.8 cm³/mol. The molecule has 0 bridgehead atoms. The van der Waals surface area contributed by atoms with Gasteiger partial charge in [0, 0.05) is 43.8 Å². The molecule has 4 heteroatoms. The molecular formula is C17H37N3O. The van der Waals surface area contributed by atoms with Gasteiger partial charge in [0.15, 0.2) is 0 Å². The monoisotopic (exact) mass is 299 g/mol. The first-order valence-electron chi connectivity index (χ1n) is 8.75. The summed E-state index contributed by atoms with van der Waals surface area (Å²) in [5, 5.41) is 13.1. The fraction of sp³-hybridized carbons (Fsp3) is 1.00. The molecule has 21 heavy (non-hydrogen) atoms. The van der Waals surface area contributed by atoms with Crippen LogP contribution in [0.4, 0.5) is 0 Å². The van der Waals surface area contributed by atoms with Crippen LogP contribution in [-0.2, 0) is 0 Å². The summed E-state index contributed by atoms with van der Waals surface area (Å²) < 4.78 is 0. The number of nitrogens with one attached hydrogen (secondary N) is 1. The van der Waals surface area contributed by atoms with Crippen LogP contribution < -0.4 is 5.32 Å². The standard InChI is InChI=1S/C17H37N3O/c1-6-16(4)20-12-10-19(11-13-20)9-7-8-17(5,14-21)18-15(2)3/h15-16,18,21H,6-14H2,1-5H3. The highest BCUT2D eigenvalue weighted by Gasteiger charge is 2.24. The highest BCUT2D eigenvalue weighted by Crippen LogP contribution is 2.15. The van der Waals surface area contributed by atoms with Gasteiger partial charge in [-0.2, -0.15) is 0 Å². The molecule has 126 valence electrons. The van der Waals surface area contributed by atoms with Crippen LogP contribution in [0.3, 0.4) is 0 Å². The second-order valence-electron chi connectivity index (χ2n) is 7.26. The first-order valence-corrected chi connectivity index (χ1v) is 8.75. The lowest BCUT2D eigenvalue weighted by Crippen LogP contribution is -2.51. The first-order chi connectivity index (χ1) is 9.90. The van der Waals surface area contributed by atoms with Gasteiger partial charge < -0.3 is 15.3 Å². The third-order valence-corrected chi connectivity index (χ3v) is 4.81. The molecular weight excluding hydrogens is 262 g/mol. The summed E-state index contributed by atoms with van der Waals surface area (Å²) in [5.41, 5.74) is -0.132. The van der Waals surface area contributed by atoms with Crippen LogP contribution in [0.25, 0.3) is 0 Å². The minimum Gasteiger partial charge on any atom is -0.394 e.